The average molecular weight is 437 g/mol. The molecule has 4 N–H and O–H groups in total. The predicted octanol–water partition coefficient (Wildman–Crippen LogP) is 1.11. The van der Waals surface area contributed by atoms with Gasteiger partial charge in [0, 0.05) is 19.0 Å². The third-order valence-corrected chi connectivity index (χ3v) is 3.63. The van der Waals surface area contributed by atoms with E-state index in [1.807, 2.05) is 0 Å². The monoisotopic (exact) mass is 437 g/mol. The second-order valence-electron chi connectivity index (χ2n) is 6.09. The Hall–Kier alpha value is -2.54. The van der Waals surface area contributed by atoms with Crippen LogP contribution in [0.4, 0.5) is 26.3 Å². The van der Waals surface area contributed by atoms with Gasteiger partial charge in [-0.05, 0) is 25.7 Å². The van der Waals surface area contributed by atoms with Gasteiger partial charge in [0.1, 0.15) is 6.04 Å². The maximum absolute atomic E-state index is 12.0. The van der Waals surface area contributed by atoms with Crippen LogP contribution < -0.4 is 16.0 Å². The number of carboxylic acid groups (broad SMARTS) is 1. The minimum Gasteiger partial charge on any atom is -0.480 e. The maximum Gasteiger partial charge on any atom is 0.471 e. The molecule has 0 bridgehead atoms. The molecule has 0 aliphatic rings. The Morgan fingerprint density at radius 3 is 1.62 bits per heavy atom. The molecule has 2 unspecified atom stereocenters. The average Bonchev–Trinajstić information content (AvgIpc) is 2.58. The van der Waals surface area contributed by atoms with Crippen molar-refractivity contribution < 1.29 is 50.6 Å². The summed E-state index contributed by atoms with van der Waals surface area (Å²) < 4.78 is 72.0. The fourth-order valence-electron chi connectivity index (χ4n) is 2.02. The SMILES string of the molecule is CC(CCCNC(=O)C(F)(F)F)C(=O)NC(CCCNC(=O)C(F)(F)F)C(=O)O. The molecule has 0 aromatic carbocycles. The number of hydrogen-bond donors (Lipinski definition) is 4. The van der Waals surface area contributed by atoms with E-state index in [0.717, 1.165) is 0 Å². The van der Waals surface area contributed by atoms with Crippen LogP contribution in [-0.2, 0) is 19.2 Å². The maximum atomic E-state index is 12.0. The van der Waals surface area contributed by atoms with Crippen LogP contribution in [0.3, 0.4) is 0 Å². The molecule has 0 radical (unpaired) electrons. The summed E-state index contributed by atoms with van der Waals surface area (Å²) in [6, 6.07) is -1.42. The second-order valence-corrected chi connectivity index (χ2v) is 6.09. The zero-order valence-electron chi connectivity index (χ0n) is 15.2. The molecule has 0 aliphatic heterocycles. The van der Waals surface area contributed by atoms with Gasteiger partial charge in [0.25, 0.3) is 0 Å². The predicted molar refractivity (Wildman–Crippen MR) is 85.3 cm³/mol. The summed E-state index contributed by atoms with van der Waals surface area (Å²) in [5, 5.41) is 14.4. The third-order valence-electron chi connectivity index (χ3n) is 3.63. The zero-order valence-corrected chi connectivity index (χ0v) is 15.2. The zero-order chi connectivity index (χ0) is 22.8. The smallest absolute Gasteiger partial charge is 0.471 e. The summed E-state index contributed by atoms with van der Waals surface area (Å²) in [4.78, 5) is 44.3. The van der Waals surface area contributed by atoms with E-state index in [2.05, 4.69) is 5.32 Å². The molecule has 8 nitrogen and oxygen atoms in total. The molecule has 29 heavy (non-hydrogen) atoms. The number of rotatable bonds is 11. The number of nitrogens with one attached hydrogen (secondary N) is 3. The summed E-state index contributed by atoms with van der Waals surface area (Å²) in [5.41, 5.74) is 0. The number of carboxylic acids is 1. The molecule has 14 heteroatoms. The Labute approximate surface area is 161 Å². The first-order chi connectivity index (χ1) is 13.2. The minimum absolute atomic E-state index is 0.0254. The number of carbonyl (C=O) groups excluding carboxylic acids is 3. The van der Waals surface area contributed by atoms with Crippen LogP contribution in [0.25, 0.3) is 0 Å². The van der Waals surface area contributed by atoms with Crippen molar-refractivity contribution in [3.8, 4) is 0 Å². The molecule has 0 aliphatic carbocycles. The fraction of sp³-hybridized carbons (Fsp3) is 0.733. The summed E-state index contributed by atoms with van der Waals surface area (Å²) in [7, 11) is 0. The van der Waals surface area contributed by atoms with Gasteiger partial charge in [0.2, 0.25) is 5.91 Å². The van der Waals surface area contributed by atoms with E-state index in [1.54, 1.807) is 10.6 Å². The summed E-state index contributed by atoms with van der Waals surface area (Å²) in [5.74, 6) is -7.23. The van der Waals surface area contributed by atoms with E-state index in [0.29, 0.717) is 0 Å². The molecule has 0 spiro atoms. The first-order valence-corrected chi connectivity index (χ1v) is 8.39. The van der Waals surface area contributed by atoms with Gasteiger partial charge in [-0.15, -0.1) is 0 Å². The van der Waals surface area contributed by atoms with E-state index in [9.17, 15) is 45.5 Å². The Balaban J connectivity index is 4.30. The molecule has 2 atom stereocenters. The van der Waals surface area contributed by atoms with Crippen LogP contribution in [0.15, 0.2) is 0 Å². The minimum atomic E-state index is -5.06. The highest BCUT2D eigenvalue weighted by Crippen LogP contribution is 2.15. The van der Waals surface area contributed by atoms with Crippen molar-refractivity contribution in [2.75, 3.05) is 13.1 Å². The van der Waals surface area contributed by atoms with E-state index >= 15 is 0 Å². The third kappa shape index (κ3) is 11.1. The molecule has 0 heterocycles. The van der Waals surface area contributed by atoms with Crippen LogP contribution in [0, 0.1) is 5.92 Å². The standard InChI is InChI=1S/C15H21F6N3O5/c1-8(4-2-6-22-12(28)14(16,17)18)10(25)24-9(11(26)27)5-3-7-23-13(29)15(19,20)21/h8-9H,2-7H2,1H3,(H,22,28)(H,23,29)(H,24,25)(H,26,27). The molecular formula is C15H21F6N3O5. The molecule has 0 rings (SSSR count). The molecule has 168 valence electrons. The highest BCUT2D eigenvalue weighted by Gasteiger charge is 2.38. The number of halogens is 6. The number of carbonyl (C=O) groups is 4. The van der Waals surface area contributed by atoms with Crippen molar-refractivity contribution in [2.45, 2.75) is 51.0 Å². The van der Waals surface area contributed by atoms with Crippen LogP contribution in [-0.4, -0.2) is 60.3 Å². The molecule has 0 aromatic rings. The van der Waals surface area contributed by atoms with E-state index < -0.39 is 54.5 Å². The van der Waals surface area contributed by atoms with Crippen molar-refractivity contribution in [1.29, 1.82) is 0 Å². The van der Waals surface area contributed by atoms with Gasteiger partial charge in [-0.3, -0.25) is 14.4 Å². The van der Waals surface area contributed by atoms with E-state index in [1.165, 1.54) is 6.92 Å². The van der Waals surface area contributed by atoms with Crippen molar-refractivity contribution in [3.63, 3.8) is 0 Å². The Bertz CT molecular complexity index is 594. The molecular weight excluding hydrogens is 416 g/mol. The Morgan fingerprint density at radius 1 is 0.828 bits per heavy atom. The molecule has 0 aromatic heterocycles. The first kappa shape index (κ1) is 26.5. The second kappa shape index (κ2) is 11.5. The molecule has 0 saturated heterocycles. The molecule has 3 amide bonds. The lowest BCUT2D eigenvalue weighted by Gasteiger charge is -2.18. The lowest BCUT2D eigenvalue weighted by Crippen LogP contribution is -2.44. The Morgan fingerprint density at radius 2 is 1.24 bits per heavy atom. The van der Waals surface area contributed by atoms with Gasteiger partial charge in [0.15, 0.2) is 0 Å². The van der Waals surface area contributed by atoms with Gasteiger partial charge in [-0.2, -0.15) is 26.3 Å². The highest BCUT2D eigenvalue weighted by molar-refractivity contribution is 5.85. The lowest BCUT2D eigenvalue weighted by molar-refractivity contribution is -0.173. The van der Waals surface area contributed by atoms with Gasteiger partial charge < -0.3 is 21.1 Å². The van der Waals surface area contributed by atoms with Crippen LogP contribution >= 0.6 is 0 Å². The van der Waals surface area contributed by atoms with Crippen LogP contribution in [0.1, 0.15) is 32.6 Å². The molecule has 0 fully saturated rings. The number of hydrogen-bond acceptors (Lipinski definition) is 4. The molecule has 0 saturated carbocycles. The quantitative estimate of drug-likeness (QED) is 0.285. The topological polar surface area (TPSA) is 125 Å². The normalized spacial score (nSPS) is 13.9. The number of aliphatic carboxylic acids is 1. The van der Waals surface area contributed by atoms with Gasteiger partial charge in [-0.1, -0.05) is 6.92 Å². The summed E-state index contributed by atoms with van der Waals surface area (Å²) in [6.07, 6.45) is -10.4. The van der Waals surface area contributed by atoms with E-state index in [-0.39, 0.29) is 32.2 Å². The van der Waals surface area contributed by atoms with Crippen LogP contribution in [0.5, 0.6) is 0 Å². The van der Waals surface area contributed by atoms with Crippen molar-refractivity contribution in [1.82, 2.24) is 16.0 Å². The van der Waals surface area contributed by atoms with Gasteiger partial charge in [0.05, 0.1) is 0 Å². The van der Waals surface area contributed by atoms with Gasteiger partial charge in [-0.25, -0.2) is 4.79 Å². The highest BCUT2D eigenvalue weighted by atomic mass is 19.4. The largest absolute Gasteiger partial charge is 0.480 e. The van der Waals surface area contributed by atoms with Crippen molar-refractivity contribution in [3.05, 3.63) is 0 Å². The van der Waals surface area contributed by atoms with Gasteiger partial charge >= 0.3 is 30.1 Å². The number of alkyl halides is 6. The lowest BCUT2D eigenvalue weighted by atomic mass is 10.0. The summed E-state index contributed by atoms with van der Waals surface area (Å²) in [6.45, 7) is 0.604. The van der Waals surface area contributed by atoms with Crippen molar-refractivity contribution in [2.24, 2.45) is 5.92 Å². The Kier molecular flexibility index (Phi) is 10.5. The summed E-state index contributed by atoms with van der Waals surface area (Å²) >= 11 is 0. The number of amides is 3. The van der Waals surface area contributed by atoms with Crippen molar-refractivity contribution >= 4 is 23.7 Å². The van der Waals surface area contributed by atoms with E-state index in [4.69, 9.17) is 5.11 Å². The van der Waals surface area contributed by atoms with Crippen LogP contribution in [0.2, 0.25) is 0 Å². The fourth-order valence-corrected chi connectivity index (χ4v) is 2.02. The first-order valence-electron chi connectivity index (χ1n) is 8.39.